The second-order valence-electron chi connectivity index (χ2n) is 9.10. The molecular formula is C20H30N4O3. The Labute approximate surface area is 160 Å². The lowest BCUT2D eigenvalue weighted by Gasteiger charge is -2.47. The fourth-order valence-electron chi connectivity index (χ4n) is 6.18. The average Bonchev–Trinajstić information content (AvgIpc) is 3.39. The van der Waals surface area contributed by atoms with Crippen molar-refractivity contribution in [1.29, 1.82) is 0 Å². The van der Waals surface area contributed by atoms with Gasteiger partial charge in [-0.25, -0.2) is 9.78 Å². The van der Waals surface area contributed by atoms with Gasteiger partial charge in [-0.05, 0) is 64.6 Å². The third-order valence-electron chi connectivity index (χ3n) is 7.56. The van der Waals surface area contributed by atoms with Crippen LogP contribution in [0, 0.1) is 5.41 Å². The average molecular weight is 374 g/mol. The van der Waals surface area contributed by atoms with Gasteiger partial charge in [-0.15, -0.1) is 0 Å². The van der Waals surface area contributed by atoms with E-state index in [2.05, 4.69) is 14.8 Å². The van der Waals surface area contributed by atoms with Crippen LogP contribution in [-0.2, 0) is 0 Å². The summed E-state index contributed by atoms with van der Waals surface area (Å²) in [5.74, 6) is 1.03. The molecule has 1 amide bonds. The van der Waals surface area contributed by atoms with Gasteiger partial charge in [0.2, 0.25) is 0 Å². The summed E-state index contributed by atoms with van der Waals surface area (Å²) in [4.78, 5) is 22.1. The first-order chi connectivity index (χ1) is 13.1. The summed E-state index contributed by atoms with van der Waals surface area (Å²) in [5, 5.41) is 9.11. The van der Waals surface area contributed by atoms with Crippen molar-refractivity contribution in [3.05, 3.63) is 18.4 Å². The van der Waals surface area contributed by atoms with Crippen LogP contribution in [0.2, 0.25) is 0 Å². The third kappa shape index (κ3) is 3.14. The second-order valence-corrected chi connectivity index (χ2v) is 9.10. The van der Waals surface area contributed by atoms with Gasteiger partial charge in [-0.2, -0.15) is 0 Å². The highest BCUT2D eigenvalue weighted by Gasteiger charge is 2.51. The van der Waals surface area contributed by atoms with E-state index in [-0.39, 0.29) is 5.41 Å². The minimum atomic E-state index is -0.753. The Morgan fingerprint density at radius 1 is 1.15 bits per heavy atom. The Balaban J connectivity index is 1.14. The van der Waals surface area contributed by atoms with Crippen molar-refractivity contribution in [1.82, 2.24) is 19.7 Å². The van der Waals surface area contributed by atoms with Crippen LogP contribution in [-0.4, -0.2) is 75.7 Å². The zero-order valence-corrected chi connectivity index (χ0v) is 15.9. The summed E-state index contributed by atoms with van der Waals surface area (Å²) in [6, 6.07) is 1.72. The molecule has 3 aliphatic heterocycles. The smallest absolute Gasteiger partial charge is 0.407 e. The monoisotopic (exact) mass is 374 g/mol. The van der Waals surface area contributed by atoms with Crippen molar-refractivity contribution in [3.63, 3.8) is 0 Å². The Morgan fingerprint density at radius 3 is 2.67 bits per heavy atom. The molecule has 1 saturated carbocycles. The SMILES string of the molecule is O=C(O)N1CC2(CCC(N3CCC(N4CCC[C@@H]4c4cnco4)CC3)C2)C1. The van der Waals surface area contributed by atoms with Crippen LogP contribution in [0.4, 0.5) is 4.79 Å². The molecule has 0 bridgehead atoms. The zero-order chi connectivity index (χ0) is 18.4. The van der Waals surface area contributed by atoms with Crippen molar-refractivity contribution in [2.24, 2.45) is 5.41 Å². The van der Waals surface area contributed by atoms with Gasteiger partial charge in [0.1, 0.15) is 5.76 Å². The fraction of sp³-hybridized carbons (Fsp3) is 0.800. The van der Waals surface area contributed by atoms with Crippen LogP contribution in [0.5, 0.6) is 0 Å². The minimum absolute atomic E-state index is 0.284. The van der Waals surface area contributed by atoms with Gasteiger partial charge in [-0.1, -0.05) is 0 Å². The summed E-state index contributed by atoms with van der Waals surface area (Å²) in [7, 11) is 0. The molecule has 7 heteroatoms. The molecule has 4 heterocycles. The van der Waals surface area contributed by atoms with E-state index in [9.17, 15) is 4.79 Å². The third-order valence-corrected chi connectivity index (χ3v) is 7.56. The normalized spacial score (nSPS) is 32.2. The van der Waals surface area contributed by atoms with Gasteiger partial charge in [0.15, 0.2) is 6.39 Å². The molecule has 1 spiro atoms. The number of hydrogen-bond donors (Lipinski definition) is 1. The Kier molecular flexibility index (Phi) is 4.39. The number of carboxylic acid groups (broad SMARTS) is 1. The predicted octanol–water partition coefficient (Wildman–Crippen LogP) is 2.81. The molecular weight excluding hydrogens is 344 g/mol. The van der Waals surface area contributed by atoms with Crippen LogP contribution in [0.15, 0.2) is 17.0 Å². The van der Waals surface area contributed by atoms with Crippen LogP contribution in [0.25, 0.3) is 0 Å². The number of amides is 1. The quantitative estimate of drug-likeness (QED) is 0.877. The fourth-order valence-corrected chi connectivity index (χ4v) is 6.18. The number of carbonyl (C=O) groups is 1. The second kappa shape index (κ2) is 6.78. The molecule has 5 rings (SSSR count). The lowest BCUT2D eigenvalue weighted by Crippen LogP contribution is -2.57. The number of aromatic nitrogens is 1. The Morgan fingerprint density at radius 2 is 1.96 bits per heavy atom. The maximum Gasteiger partial charge on any atom is 0.407 e. The van der Waals surface area contributed by atoms with E-state index in [1.807, 2.05) is 6.20 Å². The van der Waals surface area contributed by atoms with Crippen LogP contribution in [0.3, 0.4) is 0 Å². The first kappa shape index (κ1) is 17.5. The molecule has 1 aliphatic carbocycles. The molecule has 1 unspecified atom stereocenters. The highest BCUT2D eigenvalue weighted by Crippen LogP contribution is 2.47. The highest BCUT2D eigenvalue weighted by molar-refractivity contribution is 5.66. The van der Waals surface area contributed by atoms with Crippen molar-refractivity contribution in [3.8, 4) is 0 Å². The zero-order valence-electron chi connectivity index (χ0n) is 15.9. The molecule has 4 aliphatic rings. The van der Waals surface area contributed by atoms with Crippen molar-refractivity contribution >= 4 is 6.09 Å². The topological polar surface area (TPSA) is 73.1 Å². The van der Waals surface area contributed by atoms with E-state index in [1.54, 1.807) is 11.3 Å². The van der Waals surface area contributed by atoms with Gasteiger partial charge in [0.05, 0.1) is 12.2 Å². The van der Waals surface area contributed by atoms with E-state index in [1.165, 1.54) is 64.6 Å². The van der Waals surface area contributed by atoms with E-state index in [0.717, 1.165) is 18.8 Å². The van der Waals surface area contributed by atoms with Gasteiger partial charge < -0.3 is 19.3 Å². The van der Waals surface area contributed by atoms with Crippen LogP contribution >= 0.6 is 0 Å². The van der Waals surface area contributed by atoms with Gasteiger partial charge in [-0.3, -0.25) is 4.90 Å². The molecule has 1 aromatic heterocycles. The van der Waals surface area contributed by atoms with Crippen molar-refractivity contribution in [2.45, 2.75) is 63.1 Å². The van der Waals surface area contributed by atoms with Crippen molar-refractivity contribution in [2.75, 3.05) is 32.7 Å². The van der Waals surface area contributed by atoms with Crippen LogP contribution in [0.1, 0.15) is 56.7 Å². The molecule has 0 aromatic carbocycles. The number of oxazole rings is 1. The van der Waals surface area contributed by atoms with E-state index >= 15 is 0 Å². The highest BCUT2D eigenvalue weighted by atomic mass is 16.4. The van der Waals surface area contributed by atoms with Gasteiger partial charge in [0, 0.05) is 30.6 Å². The molecule has 148 valence electrons. The first-order valence-electron chi connectivity index (χ1n) is 10.5. The number of hydrogen-bond acceptors (Lipinski definition) is 5. The molecule has 3 saturated heterocycles. The summed E-state index contributed by atoms with van der Waals surface area (Å²) in [6.45, 7) is 5.03. The summed E-state index contributed by atoms with van der Waals surface area (Å²) < 4.78 is 5.60. The number of rotatable bonds is 3. The summed E-state index contributed by atoms with van der Waals surface area (Å²) >= 11 is 0. The maximum absolute atomic E-state index is 11.1. The predicted molar refractivity (Wildman–Crippen MR) is 99.4 cm³/mol. The van der Waals surface area contributed by atoms with E-state index in [0.29, 0.717) is 18.1 Å². The molecule has 27 heavy (non-hydrogen) atoms. The van der Waals surface area contributed by atoms with Gasteiger partial charge in [0.25, 0.3) is 0 Å². The lowest BCUT2D eigenvalue weighted by molar-refractivity contribution is 0.00586. The molecule has 2 atom stereocenters. The standard InChI is InChI=1S/C20H30N4O3/c25-19(26)23-12-20(13-23)6-3-16(10-20)22-8-4-15(5-9-22)24-7-1-2-17(24)18-11-21-14-27-18/h11,14-17H,1-10,12-13H2,(H,25,26)/t16?,17-/m1/s1. The first-order valence-corrected chi connectivity index (χ1v) is 10.5. The maximum atomic E-state index is 11.1. The number of nitrogens with zero attached hydrogens (tertiary/aromatic N) is 4. The Hall–Kier alpha value is -1.60. The molecule has 0 radical (unpaired) electrons. The van der Waals surface area contributed by atoms with E-state index in [4.69, 9.17) is 9.52 Å². The summed E-state index contributed by atoms with van der Waals surface area (Å²) in [5.41, 5.74) is 0.284. The van der Waals surface area contributed by atoms with Crippen molar-refractivity contribution < 1.29 is 14.3 Å². The van der Waals surface area contributed by atoms with Crippen LogP contribution < -0.4 is 0 Å². The summed E-state index contributed by atoms with van der Waals surface area (Å²) in [6.07, 6.45) is 11.2. The number of piperidine rings is 1. The molecule has 1 aromatic rings. The molecule has 7 nitrogen and oxygen atoms in total. The van der Waals surface area contributed by atoms with Gasteiger partial charge >= 0.3 is 6.09 Å². The largest absolute Gasteiger partial charge is 0.465 e. The lowest BCUT2D eigenvalue weighted by atomic mass is 9.78. The molecule has 1 N–H and O–H groups in total. The minimum Gasteiger partial charge on any atom is -0.465 e. The molecule has 4 fully saturated rings. The Bertz CT molecular complexity index is 665. The number of likely N-dealkylation sites (tertiary alicyclic amines) is 3. The van der Waals surface area contributed by atoms with E-state index < -0.39 is 6.09 Å².